The van der Waals surface area contributed by atoms with E-state index in [1.807, 2.05) is 0 Å². The first-order valence-corrected chi connectivity index (χ1v) is 4.60. The van der Waals surface area contributed by atoms with Crippen LogP contribution in [-0.2, 0) is 0 Å². The number of amides is 2. The average molecular weight is 199 g/mol. The molecule has 1 heterocycles. The summed E-state index contributed by atoms with van der Waals surface area (Å²) < 4.78 is 0. The van der Waals surface area contributed by atoms with Crippen molar-refractivity contribution in [3.63, 3.8) is 0 Å². The third kappa shape index (κ3) is 1.40. The third-order valence-electron chi connectivity index (χ3n) is 2.29. The van der Waals surface area contributed by atoms with E-state index in [1.165, 1.54) is 4.90 Å². The van der Waals surface area contributed by atoms with E-state index in [0.717, 1.165) is 0 Å². The van der Waals surface area contributed by atoms with Crippen LogP contribution in [0.15, 0.2) is 24.3 Å². The summed E-state index contributed by atoms with van der Waals surface area (Å²) in [5, 5.41) is 0. The maximum Gasteiger partial charge on any atom is 0.262 e. The second kappa shape index (κ2) is 3.58. The maximum atomic E-state index is 11.8. The highest BCUT2D eigenvalue weighted by Gasteiger charge is 2.34. The second-order valence-electron chi connectivity index (χ2n) is 3.17. The van der Waals surface area contributed by atoms with Crippen molar-refractivity contribution >= 4 is 11.8 Å². The number of nitrogens with zero attached hydrogens (tertiary/aromatic N) is 1. The predicted octanol–water partition coefficient (Wildman–Crippen LogP) is 1.31. The number of hydrogen-bond acceptors (Lipinski definition) is 2. The van der Waals surface area contributed by atoms with Gasteiger partial charge in [-0.3, -0.25) is 14.5 Å². The molecule has 2 rings (SSSR count). The summed E-state index contributed by atoms with van der Waals surface area (Å²) in [6, 6.07) is 6.82. The van der Waals surface area contributed by atoms with Gasteiger partial charge < -0.3 is 0 Å². The zero-order valence-corrected chi connectivity index (χ0v) is 8.28. The van der Waals surface area contributed by atoms with E-state index in [-0.39, 0.29) is 18.4 Å². The van der Waals surface area contributed by atoms with E-state index in [2.05, 4.69) is 11.8 Å². The Kier molecular flexibility index (Phi) is 2.26. The molecule has 0 unspecified atom stereocenters. The van der Waals surface area contributed by atoms with E-state index < -0.39 is 0 Å². The molecule has 0 N–H and O–H groups in total. The molecule has 0 fully saturated rings. The van der Waals surface area contributed by atoms with Crippen molar-refractivity contribution in [1.82, 2.24) is 4.90 Å². The zero-order chi connectivity index (χ0) is 10.8. The van der Waals surface area contributed by atoms with Crippen molar-refractivity contribution in [3.8, 4) is 11.8 Å². The fourth-order valence-electron chi connectivity index (χ4n) is 1.54. The summed E-state index contributed by atoms with van der Waals surface area (Å²) >= 11 is 0. The number of imide groups is 1. The van der Waals surface area contributed by atoms with Crippen LogP contribution in [0.5, 0.6) is 0 Å². The molecule has 0 bridgehead atoms. The van der Waals surface area contributed by atoms with Gasteiger partial charge in [0.05, 0.1) is 17.7 Å². The Hall–Kier alpha value is -2.08. The largest absolute Gasteiger partial charge is 0.269 e. The van der Waals surface area contributed by atoms with Gasteiger partial charge in [-0.2, -0.15) is 0 Å². The molecule has 2 amide bonds. The van der Waals surface area contributed by atoms with Crippen LogP contribution in [0.1, 0.15) is 27.6 Å². The monoisotopic (exact) mass is 199 g/mol. The molecule has 1 aromatic carbocycles. The first-order chi connectivity index (χ1) is 7.25. The highest BCUT2D eigenvalue weighted by atomic mass is 16.2. The van der Waals surface area contributed by atoms with Crippen molar-refractivity contribution in [1.29, 1.82) is 0 Å². The lowest BCUT2D eigenvalue weighted by Gasteiger charge is -2.08. The second-order valence-corrected chi connectivity index (χ2v) is 3.17. The Morgan fingerprint density at radius 2 is 1.67 bits per heavy atom. The lowest BCUT2D eigenvalue weighted by molar-refractivity contribution is 0.0675. The molecule has 3 heteroatoms. The lowest BCUT2D eigenvalue weighted by Crippen LogP contribution is -2.29. The minimum absolute atomic E-state index is 0.169. The van der Waals surface area contributed by atoms with Gasteiger partial charge in [0.25, 0.3) is 11.8 Å². The number of fused-ring (bicyclic) bond motifs is 1. The van der Waals surface area contributed by atoms with Crippen molar-refractivity contribution in [2.24, 2.45) is 0 Å². The van der Waals surface area contributed by atoms with Gasteiger partial charge in [-0.05, 0) is 19.1 Å². The lowest BCUT2D eigenvalue weighted by atomic mass is 10.1. The topological polar surface area (TPSA) is 37.4 Å². The summed E-state index contributed by atoms with van der Waals surface area (Å²) in [5.74, 6) is 4.88. The molecule has 15 heavy (non-hydrogen) atoms. The number of carbonyl (C=O) groups is 2. The molecule has 1 aliphatic rings. The minimum atomic E-state index is -0.252. The fourth-order valence-corrected chi connectivity index (χ4v) is 1.54. The van der Waals surface area contributed by atoms with Gasteiger partial charge >= 0.3 is 0 Å². The molecule has 0 aliphatic carbocycles. The fraction of sp³-hybridized carbons (Fsp3) is 0.167. The van der Waals surface area contributed by atoms with Gasteiger partial charge in [0.1, 0.15) is 0 Å². The van der Waals surface area contributed by atoms with Crippen LogP contribution < -0.4 is 0 Å². The van der Waals surface area contributed by atoms with Crippen molar-refractivity contribution in [2.75, 3.05) is 6.54 Å². The van der Waals surface area contributed by atoms with Crippen molar-refractivity contribution in [2.45, 2.75) is 6.92 Å². The molecular formula is C12H9NO2. The van der Waals surface area contributed by atoms with Crippen LogP contribution >= 0.6 is 0 Å². The Bertz CT molecular complexity index is 459. The Balaban J connectivity index is 2.39. The van der Waals surface area contributed by atoms with Gasteiger partial charge in [-0.15, -0.1) is 5.92 Å². The Labute approximate surface area is 87.7 Å². The Morgan fingerprint density at radius 1 is 1.13 bits per heavy atom. The molecule has 0 saturated carbocycles. The summed E-state index contributed by atoms with van der Waals surface area (Å²) in [5.41, 5.74) is 0.945. The highest BCUT2D eigenvalue weighted by molar-refractivity contribution is 6.21. The van der Waals surface area contributed by atoms with Crippen LogP contribution in [0.4, 0.5) is 0 Å². The van der Waals surface area contributed by atoms with E-state index in [9.17, 15) is 9.59 Å². The predicted molar refractivity (Wildman–Crippen MR) is 55.3 cm³/mol. The molecule has 0 radical (unpaired) electrons. The van der Waals surface area contributed by atoms with Crippen LogP contribution in [0.2, 0.25) is 0 Å². The van der Waals surface area contributed by atoms with Crippen molar-refractivity contribution in [3.05, 3.63) is 35.4 Å². The van der Waals surface area contributed by atoms with Crippen LogP contribution in [0, 0.1) is 11.8 Å². The minimum Gasteiger partial charge on any atom is -0.269 e. The van der Waals surface area contributed by atoms with E-state index >= 15 is 0 Å². The molecular weight excluding hydrogens is 190 g/mol. The molecule has 0 aromatic heterocycles. The van der Waals surface area contributed by atoms with Crippen LogP contribution in [-0.4, -0.2) is 23.3 Å². The molecule has 0 atom stereocenters. The summed E-state index contributed by atoms with van der Waals surface area (Å²) in [6.45, 7) is 1.85. The quantitative estimate of drug-likeness (QED) is 0.505. The molecule has 3 nitrogen and oxygen atoms in total. The number of carbonyl (C=O) groups excluding carboxylic acids is 2. The van der Waals surface area contributed by atoms with E-state index in [0.29, 0.717) is 11.1 Å². The van der Waals surface area contributed by atoms with Crippen LogP contribution in [0.25, 0.3) is 0 Å². The SMILES string of the molecule is CC#CCN1C(=O)c2ccccc2C1=O. The average Bonchev–Trinajstić information content (AvgIpc) is 2.51. The van der Waals surface area contributed by atoms with Crippen molar-refractivity contribution < 1.29 is 9.59 Å². The standard InChI is InChI=1S/C12H9NO2/c1-2-3-8-13-11(14)9-6-4-5-7-10(9)12(13)15/h4-7H,8H2,1H3. The van der Waals surface area contributed by atoms with Gasteiger partial charge in [-0.1, -0.05) is 18.1 Å². The first kappa shape index (κ1) is 9.47. The smallest absolute Gasteiger partial charge is 0.262 e. The maximum absolute atomic E-state index is 11.8. The van der Waals surface area contributed by atoms with E-state index in [1.54, 1.807) is 31.2 Å². The molecule has 0 spiro atoms. The highest BCUT2D eigenvalue weighted by Crippen LogP contribution is 2.21. The normalized spacial score (nSPS) is 13.5. The van der Waals surface area contributed by atoms with Gasteiger partial charge in [0, 0.05) is 0 Å². The Morgan fingerprint density at radius 3 is 2.13 bits per heavy atom. The molecule has 0 saturated heterocycles. The summed E-state index contributed by atoms with van der Waals surface area (Å²) in [4.78, 5) is 24.7. The zero-order valence-electron chi connectivity index (χ0n) is 8.28. The van der Waals surface area contributed by atoms with Gasteiger partial charge in [0.2, 0.25) is 0 Å². The van der Waals surface area contributed by atoms with Crippen LogP contribution in [0.3, 0.4) is 0 Å². The summed E-state index contributed by atoms with van der Waals surface area (Å²) in [7, 11) is 0. The number of benzene rings is 1. The number of rotatable bonds is 1. The molecule has 1 aromatic rings. The third-order valence-corrected chi connectivity index (χ3v) is 2.29. The van der Waals surface area contributed by atoms with E-state index in [4.69, 9.17) is 0 Å². The molecule has 1 aliphatic heterocycles. The summed E-state index contributed by atoms with van der Waals surface area (Å²) in [6.07, 6.45) is 0. The molecule has 74 valence electrons. The van der Waals surface area contributed by atoms with Gasteiger partial charge in [-0.25, -0.2) is 0 Å². The first-order valence-electron chi connectivity index (χ1n) is 4.60. The number of hydrogen-bond donors (Lipinski definition) is 0. The van der Waals surface area contributed by atoms with Gasteiger partial charge in [0.15, 0.2) is 0 Å².